The van der Waals surface area contributed by atoms with Crippen LogP contribution in [0.3, 0.4) is 0 Å². The summed E-state index contributed by atoms with van der Waals surface area (Å²) in [6, 6.07) is 4.46. The van der Waals surface area contributed by atoms with Gasteiger partial charge in [0, 0.05) is 31.6 Å². The lowest BCUT2D eigenvalue weighted by Crippen LogP contribution is -2.29. The minimum absolute atomic E-state index is 0.0155. The molecule has 0 aliphatic carbocycles. The Morgan fingerprint density at radius 3 is 2.83 bits per heavy atom. The fourth-order valence-electron chi connectivity index (χ4n) is 1.99. The number of amides is 1. The van der Waals surface area contributed by atoms with Gasteiger partial charge in [-0.25, -0.2) is 4.39 Å². The van der Waals surface area contributed by atoms with Gasteiger partial charge in [0.25, 0.3) is 0 Å². The van der Waals surface area contributed by atoms with Gasteiger partial charge in [0.2, 0.25) is 5.91 Å². The zero-order chi connectivity index (χ0) is 13.1. The number of hydrogen-bond donors (Lipinski definition) is 1. The molecule has 0 aromatic heterocycles. The maximum atomic E-state index is 13.9. The zero-order valence-corrected chi connectivity index (χ0v) is 10.2. The molecule has 1 aromatic rings. The molecule has 1 N–H and O–H groups in total. The largest absolute Gasteiger partial charge is 0.367 e. The highest BCUT2D eigenvalue weighted by Gasteiger charge is 2.17. The molecule has 0 spiro atoms. The first-order valence-electron chi connectivity index (χ1n) is 5.90. The number of ketones is 1. The van der Waals surface area contributed by atoms with E-state index in [2.05, 4.69) is 5.32 Å². The molecule has 1 amide bonds. The fraction of sp³-hybridized carbons (Fsp3) is 0.385. The van der Waals surface area contributed by atoms with Crippen molar-refractivity contribution in [3.8, 4) is 0 Å². The van der Waals surface area contributed by atoms with Gasteiger partial charge in [0.1, 0.15) is 5.82 Å². The van der Waals surface area contributed by atoms with E-state index in [1.807, 2.05) is 4.90 Å². The minimum atomic E-state index is -0.419. The van der Waals surface area contributed by atoms with E-state index in [0.29, 0.717) is 37.3 Å². The van der Waals surface area contributed by atoms with Gasteiger partial charge in [0.15, 0.2) is 5.78 Å². The number of carbonyl (C=O) groups is 2. The Bertz CT molecular complexity index is 488. The quantitative estimate of drug-likeness (QED) is 0.806. The van der Waals surface area contributed by atoms with Crippen molar-refractivity contribution in [2.75, 3.05) is 24.5 Å². The summed E-state index contributed by atoms with van der Waals surface area (Å²) in [7, 11) is 0. The molecule has 1 aliphatic rings. The van der Waals surface area contributed by atoms with Crippen LogP contribution in [-0.2, 0) is 4.79 Å². The van der Waals surface area contributed by atoms with Crippen molar-refractivity contribution < 1.29 is 14.0 Å². The number of halogens is 1. The molecule has 1 aliphatic heterocycles. The van der Waals surface area contributed by atoms with Gasteiger partial charge in [-0.1, -0.05) is 0 Å². The summed E-state index contributed by atoms with van der Waals surface area (Å²) in [5.74, 6) is -0.594. The highest BCUT2D eigenvalue weighted by atomic mass is 19.1. The number of anilines is 1. The number of hydrogen-bond acceptors (Lipinski definition) is 3. The van der Waals surface area contributed by atoms with Crippen LogP contribution in [0, 0.1) is 5.82 Å². The highest BCUT2D eigenvalue weighted by Crippen LogP contribution is 2.21. The smallest absolute Gasteiger partial charge is 0.221 e. The summed E-state index contributed by atoms with van der Waals surface area (Å²) in [6.45, 7) is 2.97. The maximum Gasteiger partial charge on any atom is 0.221 e. The fourth-order valence-corrected chi connectivity index (χ4v) is 1.99. The topological polar surface area (TPSA) is 49.4 Å². The standard InChI is InChI=1S/C13H15FN2O2/c1-9(17)10-2-3-12(11(14)8-10)16-6-4-13(18)15-5-7-16/h2-3,8H,4-7H2,1H3,(H,15,18). The molecule has 0 atom stereocenters. The van der Waals surface area contributed by atoms with E-state index in [-0.39, 0.29) is 11.7 Å². The van der Waals surface area contributed by atoms with E-state index in [0.717, 1.165) is 0 Å². The number of benzene rings is 1. The molecule has 1 fully saturated rings. The van der Waals surface area contributed by atoms with Gasteiger partial charge in [-0.2, -0.15) is 0 Å². The van der Waals surface area contributed by atoms with Crippen molar-refractivity contribution in [2.45, 2.75) is 13.3 Å². The second-order valence-electron chi connectivity index (χ2n) is 4.31. The van der Waals surface area contributed by atoms with Crippen molar-refractivity contribution in [1.82, 2.24) is 5.32 Å². The first kappa shape index (κ1) is 12.5. The van der Waals surface area contributed by atoms with Crippen molar-refractivity contribution in [3.05, 3.63) is 29.6 Å². The van der Waals surface area contributed by atoms with E-state index in [1.54, 1.807) is 12.1 Å². The molecular weight excluding hydrogens is 235 g/mol. The van der Waals surface area contributed by atoms with Crippen LogP contribution in [0.4, 0.5) is 10.1 Å². The van der Waals surface area contributed by atoms with Gasteiger partial charge in [-0.15, -0.1) is 0 Å². The van der Waals surface area contributed by atoms with Crippen molar-refractivity contribution in [1.29, 1.82) is 0 Å². The van der Waals surface area contributed by atoms with Crippen molar-refractivity contribution in [3.63, 3.8) is 0 Å². The third-order valence-corrected chi connectivity index (χ3v) is 3.01. The second kappa shape index (κ2) is 5.16. The molecule has 2 rings (SSSR count). The van der Waals surface area contributed by atoms with Crippen LogP contribution < -0.4 is 10.2 Å². The van der Waals surface area contributed by atoms with Crippen LogP contribution in [0.25, 0.3) is 0 Å². The van der Waals surface area contributed by atoms with Crippen molar-refractivity contribution >= 4 is 17.4 Å². The molecule has 1 heterocycles. The molecule has 96 valence electrons. The Balaban J connectivity index is 2.22. The molecule has 0 bridgehead atoms. The molecule has 4 nitrogen and oxygen atoms in total. The third-order valence-electron chi connectivity index (χ3n) is 3.01. The molecule has 1 saturated heterocycles. The van der Waals surface area contributed by atoms with Gasteiger partial charge in [-0.3, -0.25) is 9.59 Å². The van der Waals surface area contributed by atoms with Gasteiger partial charge < -0.3 is 10.2 Å². The summed E-state index contributed by atoms with van der Waals surface area (Å²) in [5, 5.41) is 2.74. The molecule has 5 heteroatoms. The molecule has 0 unspecified atom stereocenters. The molecule has 0 saturated carbocycles. The number of Topliss-reactive ketones (excluding diaryl/α,β-unsaturated/α-hetero) is 1. The number of rotatable bonds is 2. The summed E-state index contributed by atoms with van der Waals surface area (Å²) in [4.78, 5) is 24.2. The average Bonchev–Trinajstić information content (AvgIpc) is 2.54. The van der Waals surface area contributed by atoms with E-state index in [4.69, 9.17) is 0 Å². The van der Waals surface area contributed by atoms with Crippen LogP contribution in [0.5, 0.6) is 0 Å². The Hall–Kier alpha value is -1.91. The summed E-state index contributed by atoms with van der Waals surface area (Å²) in [6.07, 6.45) is 0.355. The highest BCUT2D eigenvalue weighted by molar-refractivity contribution is 5.94. The second-order valence-corrected chi connectivity index (χ2v) is 4.31. The Labute approximate surface area is 105 Å². The summed E-state index contributed by atoms with van der Waals surface area (Å²) < 4.78 is 13.9. The van der Waals surface area contributed by atoms with Crippen LogP contribution in [0.15, 0.2) is 18.2 Å². The number of nitrogens with one attached hydrogen (secondary N) is 1. The predicted molar refractivity (Wildman–Crippen MR) is 66.2 cm³/mol. The summed E-state index contributed by atoms with van der Waals surface area (Å²) in [5.41, 5.74) is 0.803. The van der Waals surface area contributed by atoms with E-state index < -0.39 is 5.82 Å². The average molecular weight is 250 g/mol. The molecule has 18 heavy (non-hydrogen) atoms. The minimum Gasteiger partial charge on any atom is -0.367 e. The Morgan fingerprint density at radius 2 is 2.17 bits per heavy atom. The van der Waals surface area contributed by atoms with E-state index >= 15 is 0 Å². The van der Waals surface area contributed by atoms with Gasteiger partial charge in [-0.05, 0) is 25.1 Å². The molecular formula is C13H15FN2O2. The molecule has 1 aromatic carbocycles. The molecule has 0 radical (unpaired) electrons. The SMILES string of the molecule is CC(=O)c1ccc(N2CCNC(=O)CC2)c(F)c1. The first-order chi connectivity index (χ1) is 8.58. The Kier molecular flexibility index (Phi) is 3.60. The Morgan fingerprint density at radius 1 is 1.39 bits per heavy atom. The van der Waals surface area contributed by atoms with Crippen LogP contribution >= 0.6 is 0 Å². The summed E-state index contributed by atoms with van der Waals surface area (Å²) >= 11 is 0. The lowest BCUT2D eigenvalue weighted by atomic mass is 10.1. The number of nitrogens with zero attached hydrogens (tertiary/aromatic N) is 1. The van der Waals surface area contributed by atoms with Crippen LogP contribution in [0.2, 0.25) is 0 Å². The van der Waals surface area contributed by atoms with E-state index in [9.17, 15) is 14.0 Å². The van der Waals surface area contributed by atoms with E-state index in [1.165, 1.54) is 13.0 Å². The number of carbonyl (C=O) groups excluding carboxylic acids is 2. The third kappa shape index (κ3) is 2.67. The van der Waals surface area contributed by atoms with Gasteiger partial charge >= 0.3 is 0 Å². The monoisotopic (exact) mass is 250 g/mol. The van der Waals surface area contributed by atoms with Crippen LogP contribution in [-0.4, -0.2) is 31.3 Å². The lowest BCUT2D eigenvalue weighted by molar-refractivity contribution is -0.120. The van der Waals surface area contributed by atoms with Crippen LogP contribution in [0.1, 0.15) is 23.7 Å². The first-order valence-corrected chi connectivity index (χ1v) is 5.90. The zero-order valence-electron chi connectivity index (χ0n) is 10.2. The normalized spacial score (nSPS) is 16.1. The maximum absolute atomic E-state index is 13.9. The lowest BCUT2D eigenvalue weighted by Gasteiger charge is -2.22. The van der Waals surface area contributed by atoms with Gasteiger partial charge in [0.05, 0.1) is 5.69 Å². The van der Waals surface area contributed by atoms with Crippen molar-refractivity contribution in [2.24, 2.45) is 0 Å². The predicted octanol–water partition coefficient (Wildman–Crippen LogP) is 1.35.